The number of carbonyl (C=O) groups is 1. The monoisotopic (exact) mass is 400 g/mol. The van der Waals surface area contributed by atoms with Crippen LogP contribution in [0, 0.1) is 5.92 Å². The van der Waals surface area contributed by atoms with Crippen molar-refractivity contribution in [2.24, 2.45) is 5.92 Å². The van der Waals surface area contributed by atoms with Gasteiger partial charge >= 0.3 is 5.97 Å². The normalized spacial score (nSPS) is 16.5. The highest BCUT2D eigenvalue weighted by atomic mass is 16.6. The number of nitrogens with zero attached hydrogens (tertiary/aromatic N) is 4. The van der Waals surface area contributed by atoms with E-state index in [4.69, 9.17) is 9.26 Å². The van der Waals surface area contributed by atoms with Gasteiger partial charge in [-0.2, -0.15) is 4.98 Å². The number of aromatic nitrogens is 4. The standard InChI is InChI=1S/C22H32N4O3/c1-22(2,3)28-19(27)12-17(11-7-10-16-8-5-4-6-9-16)20-25-21(29-26-20)18-13-23-15-24-14-18/h13-17H,4-12H2,1-3H3. The zero-order valence-corrected chi connectivity index (χ0v) is 17.8. The van der Waals surface area contributed by atoms with Gasteiger partial charge in [0.05, 0.1) is 12.0 Å². The molecule has 1 saturated carbocycles. The van der Waals surface area contributed by atoms with Crippen molar-refractivity contribution in [3.05, 3.63) is 24.5 Å². The van der Waals surface area contributed by atoms with Crippen LogP contribution in [0.4, 0.5) is 0 Å². The van der Waals surface area contributed by atoms with E-state index in [-0.39, 0.29) is 18.3 Å². The highest BCUT2D eigenvalue weighted by Gasteiger charge is 2.26. The van der Waals surface area contributed by atoms with E-state index in [2.05, 4.69) is 20.1 Å². The molecule has 1 aliphatic carbocycles. The van der Waals surface area contributed by atoms with Crippen LogP contribution < -0.4 is 0 Å². The van der Waals surface area contributed by atoms with E-state index in [1.807, 2.05) is 20.8 Å². The molecule has 1 fully saturated rings. The largest absolute Gasteiger partial charge is 0.460 e. The summed E-state index contributed by atoms with van der Waals surface area (Å²) in [4.78, 5) is 25.0. The molecular weight excluding hydrogens is 368 g/mol. The highest BCUT2D eigenvalue weighted by Crippen LogP contribution is 2.31. The maximum atomic E-state index is 12.5. The fourth-order valence-corrected chi connectivity index (χ4v) is 3.96. The number of hydrogen-bond acceptors (Lipinski definition) is 7. The fourth-order valence-electron chi connectivity index (χ4n) is 3.96. The summed E-state index contributed by atoms with van der Waals surface area (Å²) < 4.78 is 10.9. The summed E-state index contributed by atoms with van der Waals surface area (Å²) in [6.07, 6.45) is 14.8. The van der Waals surface area contributed by atoms with Gasteiger partial charge in [0, 0.05) is 18.3 Å². The minimum Gasteiger partial charge on any atom is -0.460 e. The predicted molar refractivity (Wildman–Crippen MR) is 109 cm³/mol. The Morgan fingerprint density at radius 3 is 2.62 bits per heavy atom. The molecule has 1 atom stereocenters. The summed E-state index contributed by atoms with van der Waals surface area (Å²) in [7, 11) is 0. The molecule has 0 saturated heterocycles. The molecule has 0 N–H and O–H groups in total. The van der Waals surface area contributed by atoms with E-state index >= 15 is 0 Å². The molecule has 1 unspecified atom stereocenters. The summed E-state index contributed by atoms with van der Waals surface area (Å²) in [5.74, 6) is 1.40. The van der Waals surface area contributed by atoms with Gasteiger partial charge < -0.3 is 9.26 Å². The van der Waals surface area contributed by atoms with Crippen LogP contribution in [0.3, 0.4) is 0 Å². The molecule has 0 spiro atoms. The summed E-state index contributed by atoms with van der Waals surface area (Å²) >= 11 is 0. The first-order chi connectivity index (χ1) is 13.9. The predicted octanol–water partition coefficient (Wildman–Crippen LogP) is 5.09. The molecule has 7 nitrogen and oxygen atoms in total. The van der Waals surface area contributed by atoms with Crippen LogP contribution in [0.1, 0.15) is 90.3 Å². The van der Waals surface area contributed by atoms with Crippen LogP contribution in [0.25, 0.3) is 11.5 Å². The quantitative estimate of drug-likeness (QED) is 0.570. The van der Waals surface area contributed by atoms with Gasteiger partial charge in [-0.3, -0.25) is 4.79 Å². The molecule has 1 aliphatic rings. The SMILES string of the molecule is CC(C)(C)OC(=O)CC(CCCC1CCCCC1)c1noc(-c2cncnc2)n1. The third kappa shape index (κ3) is 6.91. The van der Waals surface area contributed by atoms with Crippen molar-refractivity contribution in [3.8, 4) is 11.5 Å². The molecule has 0 radical (unpaired) electrons. The lowest BCUT2D eigenvalue weighted by molar-refractivity contribution is -0.155. The number of carbonyl (C=O) groups excluding carboxylic acids is 1. The second-order valence-corrected chi connectivity index (χ2v) is 9.01. The summed E-state index contributed by atoms with van der Waals surface area (Å²) in [5, 5.41) is 4.16. The topological polar surface area (TPSA) is 91.0 Å². The molecule has 3 rings (SSSR count). The molecule has 2 heterocycles. The average Bonchev–Trinajstić information content (AvgIpc) is 3.17. The van der Waals surface area contributed by atoms with Crippen LogP contribution in [0.15, 0.2) is 23.2 Å². The van der Waals surface area contributed by atoms with Crippen LogP contribution >= 0.6 is 0 Å². The smallest absolute Gasteiger partial charge is 0.307 e. The van der Waals surface area contributed by atoms with E-state index in [9.17, 15) is 4.79 Å². The summed E-state index contributed by atoms with van der Waals surface area (Å²) in [5.41, 5.74) is 0.164. The Morgan fingerprint density at radius 2 is 1.93 bits per heavy atom. The van der Waals surface area contributed by atoms with Gasteiger partial charge in [-0.05, 0) is 33.1 Å². The van der Waals surface area contributed by atoms with Crippen LogP contribution in [-0.2, 0) is 9.53 Å². The Labute approximate surface area is 172 Å². The summed E-state index contributed by atoms with van der Waals surface area (Å²) in [6, 6.07) is 0. The molecule has 2 aromatic heterocycles. The van der Waals surface area contributed by atoms with Crippen molar-refractivity contribution in [3.63, 3.8) is 0 Å². The Bertz CT molecular complexity index is 764. The van der Waals surface area contributed by atoms with Crippen LogP contribution in [-0.4, -0.2) is 31.7 Å². The van der Waals surface area contributed by atoms with Crippen molar-refractivity contribution in [2.75, 3.05) is 0 Å². The lowest BCUT2D eigenvalue weighted by Crippen LogP contribution is -2.25. The molecule has 0 aromatic carbocycles. The van der Waals surface area contributed by atoms with Crippen molar-refractivity contribution in [1.29, 1.82) is 0 Å². The molecule has 0 aliphatic heterocycles. The van der Waals surface area contributed by atoms with Crippen LogP contribution in [0.2, 0.25) is 0 Å². The Kier molecular flexibility index (Phi) is 7.34. The third-order valence-electron chi connectivity index (χ3n) is 5.34. The molecule has 29 heavy (non-hydrogen) atoms. The van der Waals surface area contributed by atoms with Gasteiger partial charge in [-0.25, -0.2) is 9.97 Å². The van der Waals surface area contributed by atoms with Crippen molar-refractivity contribution >= 4 is 5.97 Å². The van der Waals surface area contributed by atoms with Gasteiger partial charge in [0.15, 0.2) is 5.82 Å². The number of rotatable bonds is 8. The molecular formula is C22H32N4O3. The second-order valence-electron chi connectivity index (χ2n) is 9.01. The molecule has 2 aromatic rings. The van der Waals surface area contributed by atoms with E-state index < -0.39 is 5.60 Å². The zero-order valence-electron chi connectivity index (χ0n) is 17.8. The average molecular weight is 401 g/mol. The van der Waals surface area contributed by atoms with Crippen molar-refractivity contribution in [1.82, 2.24) is 20.1 Å². The van der Waals surface area contributed by atoms with Gasteiger partial charge in [-0.1, -0.05) is 50.1 Å². The lowest BCUT2D eigenvalue weighted by atomic mass is 9.84. The molecule has 158 valence electrons. The highest BCUT2D eigenvalue weighted by molar-refractivity contribution is 5.70. The lowest BCUT2D eigenvalue weighted by Gasteiger charge is -2.23. The number of esters is 1. The van der Waals surface area contributed by atoms with E-state index in [1.165, 1.54) is 44.9 Å². The minimum atomic E-state index is -0.506. The maximum absolute atomic E-state index is 12.5. The van der Waals surface area contributed by atoms with Gasteiger partial charge in [0.25, 0.3) is 5.89 Å². The van der Waals surface area contributed by atoms with Gasteiger partial charge in [0.2, 0.25) is 0 Å². The van der Waals surface area contributed by atoms with Gasteiger partial charge in [-0.15, -0.1) is 0 Å². The Balaban J connectivity index is 1.66. The third-order valence-corrected chi connectivity index (χ3v) is 5.34. The van der Waals surface area contributed by atoms with Crippen molar-refractivity contribution < 1.29 is 14.1 Å². The molecule has 0 amide bonds. The maximum Gasteiger partial charge on any atom is 0.307 e. The fraction of sp³-hybridized carbons (Fsp3) is 0.682. The van der Waals surface area contributed by atoms with E-state index in [0.717, 1.165) is 18.8 Å². The van der Waals surface area contributed by atoms with E-state index in [1.54, 1.807) is 12.4 Å². The first-order valence-corrected chi connectivity index (χ1v) is 10.7. The molecule has 7 heteroatoms. The second kappa shape index (κ2) is 9.94. The number of hydrogen-bond donors (Lipinski definition) is 0. The minimum absolute atomic E-state index is 0.115. The first-order valence-electron chi connectivity index (χ1n) is 10.7. The zero-order chi connectivity index (χ0) is 20.7. The van der Waals surface area contributed by atoms with E-state index in [0.29, 0.717) is 17.3 Å². The molecule has 0 bridgehead atoms. The Morgan fingerprint density at radius 1 is 1.21 bits per heavy atom. The Hall–Kier alpha value is -2.31. The van der Waals surface area contributed by atoms with Crippen LogP contribution in [0.5, 0.6) is 0 Å². The number of ether oxygens (including phenoxy) is 1. The summed E-state index contributed by atoms with van der Waals surface area (Å²) in [6.45, 7) is 5.64. The van der Waals surface area contributed by atoms with Gasteiger partial charge in [0.1, 0.15) is 11.9 Å². The van der Waals surface area contributed by atoms with Crippen molar-refractivity contribution in [2.45, 2.75) is 90.1 Å². The first kappa shape index (κ1) is 21.4.